The highest BCUT2D eigenvalue weighted by atomic mass is 32.1. The zero-order valence-electron chi connectivity index (χ0n) is 8.80. The molecule has 1 rings (SSSR count). The number of hydrogen-bond donors (Lipinski definition) is 1. The van der Waals surface area contributed by atoms with Gasteiger partial charge < -0.3 is 5.11 Å². The Morgan fingerprint density at radius 2 is 2.44 bits per heavy atom. The number of nitrogens with zero attached hydrogens (tertiary/aromatic N) is 2. The standard InChI is InChI=1S/C10H11N2O2PS/c1-6(2)11-9(10(13)14)7-5-16-8(12-7)4-15-3/h5H,1,3-4H2,2H3,(H,13,14). The molecule has 1 heterocycles. The van der Waals surface area contributed by atoms with E-state index in [4.69, 9.17) is 5.11 Å². The molecule has 1 aromatic rings. The van der Waals surface area contributed by atoms with Crippen molar-refractivity contribution >= 4 is 37.5 Å². The largest absolute Gasteiger partial charge is 0.476 e. The molecule has 0 amide bonds. The van der Waals surface area contributed by atoms with Gasteiger partial charge in [-0.2, -0.15) is 0 Å². The van der Waals surface area contributed by atoms with Gasteiger partial charge in [0.25, 0.3) is 0 Å². The van der Waals surface area contributed by atoms with E-state index < -0.39 is 5.97 Å². The number of carbonyl (C=O) groups is 1. The number of carboxylic acids is 1. The Morgan fingerprint density at radius 3 is 2.94 bits per heavy atom. The van der Waals surface area contributed by atoms with Crippen molar-refractivity contribution in [1.82, 2.24) is 4.98 Å². The molecule has 0 bridgehead atoms. The van der Waals surface area contributed by atoms with E-state index in [-0.39, 0.29) is 5.71 Å². The normalized spacial score (nSPS) is 11.7. The van der Waals surface area contributed by atoms with Gasteiger partial charge >= 0.3 is 5.97 Å². The second-order valence-electron chi connectivity index (χ2n) is 3.01. The van der Waals surface area contributed by atoms with Crippen LogP contribution in [-0.2, 0) is 11.0 Å². The Labute approximate surface area is 99.2 Å². The average Bonchev–Trinajstić information content (AvgIpc) is 2.62. The van der Waals surface area contributed by atoms with E-state index in [0.29, 0.717) is 11.4 Å². The highest BCUT2D eigenvalue weighted by Gasteiger charge is 2.15. The molecule has 0 atom stereocenters. The smallest absolute Gasteiger partial charge is 0.356 e. The van der Waals surface area contributed by atoms with Crippen LogP contribution in [-0.4, -0.2) is 28.1 Å². The number of aliphatic carboxylic acids is 1. The van der Waals surface area contributed by atoms with Gasteiger partial charge in [0.15, 0.2) is 5.71 Å². The predicted molar refractivity (Wildman–Crippen MR) is 68.8 cm³/mol. The Hall–Kier alpha value is -1.32. The Morgan fingerprint density at radius 1 is 1.75 bits per heavy atom. The van der Waals surface area contributed by atoms with Gasteiger partial charge in [0.05, 0.1) is 0 Å². The van der Waals surface area contributed by atoms with Crippen molar-refractivity contribution in [1.29, 1.82) is 0 Å². The van der Waals surface area contributed by atoms with Crippen LogP contribution in [0.3, 0.4) is 0 Å². The highest BCUT2D eigenvalue weighted by molar-refractivity contribution is 7.36. The molecular weight excluding hydrogens is 243 g/mol. The molecule has 0 saturated carbocycles. The minimum Gasteiger partial charge on any atom is -0.476 e. The highest BCUT2D eigenvalue weighted by Crippen LogP contribution is 2.16. The van der Waals surface area contributed by atoms with Crippen molar-refractivity contribution < 1.29 is 9.90 Å². The molecule has 6 heteroatoms. The van der Waals surface area contributed by atoms with Crippen molar-refractivity contribution in [3.8, 4) is 0 Å². The summed E-state index contributed by atoms with van der Waals surface area (Å²) in [5, 5.41) is 11.5. The Balaban J connectivity index is 3.07. The SMILES string of the molecule is C=PCc1nc(C(=NC(=C)C)C(=O)O)cs1. The van der Waals surface area contributed by atoms with Crippen LogP contribution in [0, 0.1) is 0 Å². The lowest BCUT2D eigenvalue weighted by Gasteiger charge is -1.96. The number of allylic oxidation sites excluding steroid dienone is 1. The third-order valence-electron chi connectivity index (χ3n) is 1.55. The number of rotatable bonds is 5. The molecule has 0 fully saturated rings. The van der Waals surface area contributed by atoms with Gasteiger partial charge in [0.2, 0.25) is 0 Å². The number of carboxylic acid groups (broad SMARTS) is 1. The van der Waals surface area contributed by atoms with E-state index in [1.807, 2.05) is 0 Å². The van der Waals surface area contributed by atoms with Crippen LogP contribution in [0.5, 0.6) is 0 Å². The summed E-state index contributed by atoms with van der Waals surface area (Å²) in [5.74, 6) is -1.09. The second kappa shape index (κ2) is 5.68. The monoisotopic (exact) mass is 254 g/mol. The van der Waals surface area contributed by atoms with Crippen LogP contribution < -0.4 is 0 Å². The maximum absolute atomic E-state index is 11.0. The number of aliphatic imine (C=N–C) groups is 1. The molecule has 84 valence electrons. The molecule has 0 spiro atoms. The Bertz CT molecular complexity index is 465. The third-order valence-corrected chi connectivity index (χ3v) is 3.13. The van der Waals surface area contributed by atoms with Crippen LogP contribution in [0.25, 0.3) is 0 Å². The summed E-state index contributed by atoms with van der Waals surface area (Å²) in [7, 11) is 0.960. The lowest BCUT2D eigenvalue weighted by atomic mass is 10.3. The van der Waals surface area contributed by atoms with E-state index >= 15 is 0 Å². The van der Waals surface area contributed by atoms with E-state index in [1.54, 1.807) is 12.3 Å². The molecule has 4 nitrogen and oxygen atoms in total. The van der Waals surface area contributed by atoms with Crippen molar-refractivity contribution in [2.75, 3.05) is 0 Å². The second-order valence-corrected chi connectivity index (χ2v) is 4.72. The molecule has 0 aromatic carbocycles. The molecule has 0 aliphatic heterocycles. The lowest BCUT2D eigenvalue weighted by Crippen LogP contribution is -2.15. The van der Waals surface area contributed by atoms with Crippen LogP contribution in [0.2, 0.25) is 0 Å². The van der Waals surface area contributed by atoms with Crippen LogP contribution >= 0.6 is 19.5 Å². The molecule has 0 aliphatic carbocycles. The van der Waals surface area contributed by atoms with Gasteiger partial charge in [-0.05, 0) is 6.92 Å². The van der Waals surface area contributed by atoms with E-state index in [2.05, 4.69) is 22.9 Å². The summed E-state index contributed by atoms with van der Waals surface area (Å²) in [6, 6.07) is 0. The molecule has 0 unspecified atom stereocenters. The first-order valence-electron chi connectivity index (χ1n) is 4.39. The first kappa shape index (κ1) is 12.7. The summed E-state index contributed by atoms with van der Waals surface area (Å²) in [5.41, 5.74) is 0.775. The first-order chi connectivity index (χ1) is 7.54. The first-order valence-corrected chi connectivity index (χ1v) is 6.53. The molecule has 0 radical (unpaired) electrons. The van der Waals surface area contributed by atoms with Gasteiger partial charge in [-0.1, -0.05) is 12.9 Å². The van der Waals surface area contributed by atoms with Crippen molar-refractivity contribution in [2.24, 2.45) is 4.99 Å². The van der Waals surface area contributed by atoms with Gasteiger partial charge in [-0.25, -0.2) is 14.8 Å². The number of thiazole rings is 1. The van der Waals surface area contributed by atoms with Crippen LogP contribution in [0.1, 0.15) is 17.6 Å². The van der Waals surface area contributed by atoms with Crippen molar-refractivity contribution in [3.05, 3.63) is 28.4 Å². The molecular formula is C10H11N2O2PS. The minimum absolute atomic E-state index is 0.0595. The predicted octanol–water partition coefficient (Wildman–Crippen LogP) is 2.43. The van der Waals surface area contributed by atoms with E-state index in [9.17, 15) is 4.79 Å². The van der Waals surface area contributed by atoms with Crippen molar-refractivity contribution in [2.45, 2.75) is 13.1 Å². The maximum atomic E-state index is 11.0. The molecule has 0 aliphatic rings. The summed E-state index contributed by atoms with van der Waals surface area (Å²) < 4.78 is 0. The van der Waals surface area contributed by atoms with E-state index in [0.717, 1.165) is 19.4 Å². The zero-order valence-corrected chi connectivity index (χ0v) is 10.5. The summed E-state index contributed by atoms with van der Waals surface area (Å²) in [6.07, 6.45) is 4.42. The molecule has 0 saturated heterocycles. The molecule has 16 heavy (non-hydrogen) atoms. The van der Waals surface area contributed by atoms with Gasteiger partial charge in [0, 0.05) is 17.2 Å². The van der Waals surface area contributed by atoms with E-state index in [1.165, 1.54) is 11.3 Å². The fourth-order valence-electron chi connectivity index (χ4n) is 0.993. The third kappa shape index (κ3) is 3.36. The van der Waals surface area contributed by atoms with Crippen LogP contribution in [0.15, 0.2) is 22.6 Å². The zero-order chi connectivity index (χ0) is 12.1. The summed E-state index contributed by atoms with van der Waals surface area (Å²) in [4.78, 5) is 19.0. The van der Waals surface area contributed by atoms with Crippen molar-refractivity contribution in [3.63, 3.8) is 0 Å². The summed E-state index contributed by atoms with van der Waals surface area (Å²) in [6.45, 7) is 5.20. The number of aromatic nitrogens is 1. The average molecular weight is 254 g/mol. The minimum atomic E-state index is -1.09. The molecule has 1 aromatic heterocycles. The van der Waals surface area contributed by atoms with Gasteiger partial charge in [-0.15, -0.1) is 19.5 Å². The quantitative estimate of drug-likeness (QED) is 0.648. The molecule has 1 N–H and O–H groups in total. The number of hydrogen-bond acceptors (Lipinski definition) is 4. The maximum Gasteiger partial charge on any atom is 0.356 e. The topological polar surface area (TPSA) is 62.5 Å². The van der Waals surface area contributed by atoms with Crippen LogP contribution in [0.4, 0.5) is 0 Å². The fraction of sp³-hybridized carbons (Fsp3) is 0.200. The summed E-state index contributed by atoms with van der Waals surface area (Å²) >= 11 is 1.42. The van der Waals surface area contributed by atoms with Gasteiger partial charge in [-0.3, -0.25) is 0 Å². The Kier molecular flexibility index (Phi) is 4.52. The van der Waals surface area contributed by atoms with Gasteiger partial charge in [0.1, 0.15) is 10.7 Å². The lowest BCUT2D eigenvalue weighted by molar-refractivity contribution is -0.129. The fourth-order valence-corrected chi connectivity index (χ4v) is 2.39.